The molecule has 0 saturated carbocycles. The molecule has 0 amide bonds. The number of allylic oxidation sites excluding steroid dienone is 12. The maximum Gasteiger partial charge on any atom is 0.306 e. The number of unbranched alkanes of at least 4 members (excludes halogenated alkanes) is 44. The van der Waals surface area contributed by atoms with Gasteiger partial charge in [0.25, 0.3) is 0 Å². The first kappa shape index (κ1) is 79.8. The van der Waals surface area contributed by atoms with Gasteiger partial charge in [0.1, 0.15) is 13.2 Å². The van der Waals surface area contributed by atoms with E-state index in [1.54, 1.807) is 0 Å². The standard InChI is InChI=1S/C77H138O6/c1-4-7-10-13-16-19-22-25-28-31-34-36-37-38-39-41-43-46-49-52-55-58-61-64-67-70-76(79)82-73-74(72-81-75(78)69-66-63-60-57-54-51-48-45-42-33-30-27-24-21-18-15-12-9-6-3)83-77(80)71-68-65-62-59-56-53-50-47-44-40-35-32-29-26-23-20-17-14-11-8-5-2/h8,11,17-18,20-21,26-27,29-30,35,40,74H,4-7,9-10,12-16,19,22-25,28,31-34,36-39,41-73H2,1-3H3/b11-8-,20-17-,21-18-,29-26-,30-27-,40-35-. The molecule has 6 heteroatoms. The zero-order valence-corrected chi connectivity index (χ0v) is 55.5. The van der Waals surface area contributed by atoms with Crippen molar-refractivity contribution in [2.24, 2.45) is 0 Å². The van der Waals surface area contributed by atoms with Crippen molar-refractivity contribution in [3.05, 3.63) is 72.9 Å². The van der Waals surface area contributed by atoms with Gasteiger partial charge in [0.15, 0.2) is 6.10 Å². The fourth-order valence-electron chi connectivity index (χ4n) is 10.8. The van der Waals surface area contributed by atoms with Crippen molar-refractivity contribution in [1.29, 1.82) is 0 Å². The topological polar surface area (TPSA) is 78.9 Å². The summed E-state index contributed by atoms with van der Waals surface area (Å²) in [4.78, 5) is 38.5. The van der Waals surface area contributed by atoms with E-state index in [9.17, 15) is 14.4 Å². The van der Waals surface area contributed by atoms with Crippen LogP contribution in [0.15, 0.2) is 72.9 Å². The number of carbonyl (C=O) groups excluding carboxylic acids is 3. The van der Waals surface area contributed by atoms with E-state index < -0.39 is 6.10 Å². The molecule has 0 aromatic heterocycles. The van der Waals surface area contributed by atoms with Crippen LogP contribution in [0.25, 0.3) is 0 Å². The first-order valence-electron chi connectivity index (χ1n) is 36.4. The van der Waals surface area contributed by atoms with Crippen LogP contribution in [0.4, 0.5) is 0 Å². The molecule has 0 aromatic carbocycles. The third kappa shape index (κ3) is 69.5. The Hall–Kier alpha value is -3.15. The molecular formula is C77H138O6. The second-order valence-corrected chi connectivity index (χ2v) is 24.5. The molecule has 1 atom stereocenters. The Morgan fingerprint density at radius 3 is 0.759 bits per heavy atom. The molecule has 0 aliphatic heterocycles. The molecule has 1 unspecified atom stereocenters. The fourth-order valence-corrected chi connectivity index (χ4v) is 10.8. The Morgan fingerprint density at radius 2 is 0.470 bits per heavy atom. The predicted molar refractivity (Wildman–Crippen MR) is 362 cm³/mol. The lowest BCUT2D eigenvalue weighted by Crippen LogP contribution is -2.30. The molecule has 0 aliphatic carbocycles. The quantitative estimate of drug-likeness (QED) is 0.0261. The van der Waals surface area contributed by atoms with Crippen LogP contribution in [-0.2, 0) is 28.6 Å². The second-order valence-electron chi connectivity index (χ2n) is 24.5. The van der Waals surface area contributed by atoms with Crippen LogP contribution >= 0.6 is 0 Å². The molecule has 0 saturated heterocycles. The minimum atomic E-state index is -0.783. The monoisotopic (exact) mass is 1160 g/mol. The highest BCUT2D eigenvalue weighted by atomic mass is 16.6. The zero-order chi connectivity index (χ0) is 59.9. The molecule has 0 N–H and O–H groups in total. The van der Waals surface area contributed by atoms with Gasteiger partial charge in [-0.25, -0.2) is 0 Å². The van der Waals surface area contributed by atoms with Crippen molar-refractivity contribution in [3.8, 4) is 0 Å². The van der Waals surface area contributed by atoms with Crippen LogP contribution in [0.2, 0.25) is 0 Å². The molecule has 0 bridgehead atoms. The largest absolute Gasteiger partial charge is 0.462 e. The van der Waals surface area contributed by atoms with Gasteiger partial charge < -0.3 is 14.2 Å². The number of rotatable bonds is 67. The summed E-state index contributed by atoms with van der Waals surface area (Å²) in [6.07, 6.45) is 93.6. The van der Waals surface area contributed by atoms with Gasteiger partial charge in [-0.1, -0.05) is 344 Å². The Kier molecular flexibility index (Phi) is 68.6. The lowest BCUT2D eigenvalue weighted by atomic mass is 10.0. The predicted octanol–water partition coefficient (Wildman–Crippen LogP) is 25.2. The normalized spacial score (nSPS) is 12.5. The number of carbonyl (C=O) groups is 3. The van der Waals surface area contributed by atoms with Crippen LogP contribution in [-0.4, -0.2) is 37.2 Å². The van der Waals surface area contributed by atoms with E-state index in [2.05, 4.69) is 93.7 Å². The van der Waals surface area contributed by atoms with Gasteiger partial charge in [-0.05, 0) is 89.9 Å². The van der Waals surface area contributed by atoms with E-state index in [1.165, 1.54) is 244 Å². The summed E-state index contributed by atoms with van der Waals surface area (Å²) >= 11 is 0. The molecule has 0 rings (SSSR count). The first-order valence-corrected chi connectivity index (χ1v) is 36.4. The molecule has 0 radical (unpaired) electrons. The number of hydrogen-bond acceptors (Lipinski definition) is 6. The van der Waals surface area contributed by atoms with Crippen molar-refractivity contribution in [1.82, 2.24) is 0 Å². The van der Waals surface area contributed by atoms with Gasteiger partial charge in [-0.15, -0.1) is 0 Å². The average molecular weight is 1160 g/mol. The summed E-state index contributed by atoms with van der Waals surface area (Å²) in [6.45, 7) is 6.56. The highest BCUT2D eigenvalue weighted by Crippen LogP contribution is 2.18. The molecule has 0 heterocycles. The fraction of sp³-hybridized carbons (Fsp3) is 0.805. The number of hydrogen-bond donors (Lipinski definition) is 0. The minimum Gasteiger partial charge on any atom is -0.462 e. The van der Waals surface area contributed by atoms with Crippen molar-refractivity contribution in [2.45, 2.75) is 386 Å². The van der Waals surface area contributed by atoms with Crippen molar-refractivity contribution >= 4 is 17.9 Å². The van der Waals surface area contributed by atoms with Crippen LogP contribution < -0.4 is 0 Å². The van der Waals surface area contributed by atoms with Crippen LogP contribution in [0.1, 0.15) is 380 Å². The van der Waals surface area contributed by atoms with E-state index >= 15 is 0 Å². The van der Waals surface area contributed by atoms with E-state index in [-0.39, 0.29) is 31.1 Å². The summed E-state index contributed by atoms with van der Waals surface area (Å²) < 4.78 is 17.0. The summed E-state index contributed by atoms with van der Waals surface area (Å²) in [6, 6.07) is 0. The summed E-state index contributed by atoms with van der Waals surface area (Å²) in [7, 11) is 0. The molecule has 0 aliphatic rings. The maximum absolute atomic E-state index is 13.0. The third-order valence-corrected chi connectivity index (χ3v) is 16.2. The smallest absolute Gasteiger partial charge is 0.306 e. The average Bonchev–Trinajstić information content (AvgIpc) is 3.50. The molecule has 0 aromatic rings. The molecule has 6 nitrogen and oxygen atoms in total. The van der Waals surface area contributed by atoms with Crippen molar-refractivity contribution < 1.29 is 28.6 Å². The number of ether oxygens (including phenoxy) is 3. The number of esters is 3. The van der Waals surface area contributed by atoms with Gasteiger partial charge in [0, 0.05) is 19.3 Å². The molecule has 83 heavy (non-hydrogen) atoms. The summed E-state index contributed by atoms with van der Waals surface area (Å²) in [5.41, 5.74) is 0. The summed E-state index contributed by atoms with van der Waals surface area (Å²) in [5.74, 6) is -0.865. The first-order chi connectivity index (χ1) is 41.0. The Labute approximate surface area is 516 Å². The van der Waals surface area contributed by atoms with Gasteiger partial charge in [0.2, 0.25) is 0 Å². The minimum absolute atomic E-state index is 0.0763. The van der Waals surface area contributed by atoms with E-state index in [0.717, 1.165) is 96.3 Å². The molecular weight excluding hydrogens is 1020 g/mol. The SMILES string of the molecule is CC/C=C\C/C=C\C/C=C\C/C=C\CCCCCCCCCCC(=O)OC(COC(=O)CCCCCCCCCCC/C=C\C/C=C\CCCCC)COC(=O)CCCCCCCCCCCCCCCCCCCCCCCCCCC. The van der Waals surface area contributed by atoms with Crippen LogP contribution in [0.3, 0.4) is 0 Å². The third-order valence-electron chi connectivity index (χ3n) is 16.2. The van der Waals surface area contributed by atoms with Gasteiger partial charge in [-0.3, -0.25) is 14.4 Å². The maximum atomic E-state index is 13.0. The lowest BCUT2D eigenvalue weighted by molar-refractivity contribution is -0.167. The highest BCUT2D eigenvalue weighted by molar-refractivity contribution is 5.71. The van der Waals surface area contributed by atoms with E-state index in [1.807, 2.05) is 0 Å². The molecule has 0 fully saturated rings. The Bertz CT molecular complexity index is 1520. The van der Waals surface area contributed by atoms with Gasteiger partial charge >= 0.3 is 17.9 Å². The van der Waals surface area contributed by atoms with Crippen LogP contribution in [0, 0.1) is 0 Å². The molecule has 482 valence electrons. The van der Waals surface area contributed by atoms with E-state index in [0.29, 0.717) is 19.3 Å². The molecule has 0 spiro atoms. The Balaban J connectivity index is 4.33. The van der Waals surface area contributed by atoms with Crippen molar-refractivity contribution in [2.75, 3.05) is 13.2 Å². The second kappa shape index (κ2) is 71.3. The Morgan fingerprint density at radius 1 is 0.253 bits per heavy atom. The summed E-state index contributed by atoms with van der Waals surface area (Å²) in [5, 5.41) is 0. The van der Waals surface area contributed by atoms with Crippen molar-refractivity contribution in [3.63, 3.8) is 0 Å². The lowest BCUT2D eigenvalue weighted by Gasteiger charge is -2.18. The van der Waals surface area contributed by atoms with Gasteiger partial charge in [0.05, 0.1) is 0 Å². The highest BCUT2D eigenvalue weighted by Gasteiger charge is 2.19. The van der Waals surface area contributed by atoms with Crippen LogP contribution in [0.5, 0.6) is 0 Å². The van der Waals surface area contributed by atoms with E-state index in [4.69, 9.17) is 14.2 Å². The zero-order valence-electron chi connectivity index (χ0n) is 55.5. The van der Waals surface area contributed by atoms with Gasteiger partial charge in [-0.2, -0.15) is 0 Å².